The van der Waals surface area contributed by atoms with Crippen LogP contribution in [0.25, 0.3) is 0 Å². The minimum atomic E-state index is -0.869. The van der Waals surface area contributed by atoms with E-state index in [2.05, 4.69) is 21.2 Å². The first-order chi connectivity index (χ1) is 9.47. The largest absolute Gasteiger partial charge is 0.481 e. The quantitative estimate of drug-likeness (QED) is 0.887. The Kier molecular flexibility index (Phi) is 4.65. The van der Waals surface area contributed by atoms with Crippen molar-refractivity contribution in [2.24, 2.45) is 0 Å². The van der Waals surface area contributed by atoms with Gasteiger partial charge in [0.2, 0.25) is 0 Å². The van der Waals surface area contributed by atoms with Crippen molar-refractivity contribution in [2.45, 2.75) is 32.2 Å². The van der Waals surface area contributed by atoms with Crippen molar-refractivity contribution in [2.75, 3.05) is 11.9 Å². The van der Waals surface area contributed by atoms with E-state index in [1.807, 2.05) is 25.1 Å². The molecule has 0 aliphatic carbocycles. The third-order valence-electron chi connectivity index (χ3n) is 3.41. The predicted octanol–water partition coefficient (Wildman–Crippen LogP) is 3.23. The summed E-state index contributed by atoms with van der Waals surface area (Å²) in [6, 6.07) is 5.22. The maximum absolute atomic E-state index is 12.2. The third-order valence-corrected chi connectivity index (χ3v) is 4.07. The lowest BCUT2D eigenvalue weighted by atomic mass is 10.1. The van der Waals surface area contributed by atoms with Crippen LogP contribution in [0.1, 0.15) is 24.8 Å². The molecule has 20 heavy (non-hydrogen) atoms. The zero-order chi connectivity index (χ0) is 14.7. The average molecular weight is 341 g/mol. The molecule has 1 aliphatic heterocycles. The Hall–Kier alpha value is -1.56. The first-order valence-corrected chi connectivity index (χ1v) is 7.32. The standard InChI is InChI=1S/C14H17BrN2O3/c1-9-4-5-12(11(15)7-9)16-14(20)17-6-2-3-10(17)8-13(18)19/h4-5,7,10H,2-3,6,8H2,1H3,(H,16,20)(H,18,19). The molecular formula is C14H17BrN2O3. The van der Waals surface area contributed by atoms with Gasteiger partial charge < -0.3 is 15.3 Å². The summed E-state index contributed by atoms with van der Waals surface area (Å²) in [5, 5.41) is 11.7. The van der Waals surface area contributed by atoms with Gasteiger partial charge in [0.05, 0.1) is 12.1 Å². The highest BCUT2D eigenvalue weighted by Crippen LogP contribution is 2.26. The zero-order valence-corrected chi connectivity index (χ0v) is 12.8. The van der Waals surface area contributed by atoms with Gasteiger partial charge in [-0.3, -0.25) is 4.79 Å². The smallest absolute Gasteiger partial charge is 0.322 e. The van der Waals surface area contributed by atoms with Crippen LogP contribution in [-0.4, -0.2) is 34.6 Å². The van der Waals surface area contributed by atoms with E-state index in [1.165, 1.54) is 0 Å². The topological polar surface area (TPSA) is 69.6 Å². The van der Waals surface area contributed by atoms with Crippen LogP contribution in [0.5, 0.6) is 0 Å². The number of benzene rings is 1. The predicted molar refractivity (Wildman–Crippen MR) is 79.9 cm³/mol. The molecule has 0 saturated carbocycles. The highest BCUT2D eigenvalue weighted by Gasteiger charge is 2.30. The molecule has 1 atom stereocenters. The summed E-state index contributed by atoms with van der Waals surface area (Å²) in [6.45, 7) is 2.58. The van der Waals surface area contributed by atoms with Crippen LogP contribution in [0.15, 0.2) is 22.7 Å². The maximum Gasteiger partial charge on any atom is 0.322 e. The number of anilines is 1. The number of carboxylic acids is 1. The summed E-state index contributed by atoms with van der Waals surface area (Å²) in [7, 11) is 0. The fraction of sp³-hybridized carbons (Fsp3) is 0.429. The number of halogens is 1. The van der Waals surface area contributed by atoms with Gasteiger partial charge >= 0.3 is 12.0 Å². The van der Waals surface area contributed by atoms with Gasteiger partial charge in [-0.2, -0.15) is 0 Å². The number of amides is 2. The van der Waals surface area contributed by atoms with E-state index in [-0.39, 0.29) is 18.5 Å². The first kappa shape index (κ1) is 14.8. The van der Waals surface area contributed by atoms with E-state index < -0.39 is 5.97 Å². The SMILES string of the molecule is Cc1ccc(NC(=O)N2CCCC2CC(=O)O)c(Br)c1. The monoisotopic (exact) mass is 340 g/mol. The molecule has 1 aromatic carbocycles. The molecule has 0 aromatic heterocycles. The Labute approximate surface area is 126 Å². The van der Waals surface area contributed by atoms with Crippen molar-refractivity contribution in [1.82, 2.24) is 4.90 Å². The molecule has 1 heterocycles. The molecule has 5 nitrogen and oxygen atoms in total. The molecule has 1 fully saturated rings. The number of nitrogens with one attached hydrogen (secondary N) is 1. The number of aryl methyl sites for hydroxylation is 1. The van der Waals surface area contributed by atoms with E-state index >= 15 is 0 Å². The fourth-order valence-electron chi connectivity index (χ4n) is 2.43. The van der Waals surface area contributed by atoms with Gasteiger partial charge in [-0.05, 0) is 53.4 Å². The van der Waals surface area contributed by atoms with Gasteiger partial charge in [0, 0.05) is 17.1 Å². The zero-order valence-electron chi connectivity index (χ0n) is 11.2. The summed E-state index contributed by atoms with van der Waals surface area (Å²) >= 11 is 3.41. The Bertz CT molecular complexity index is 533. The number of carbonyl (C=O) groups excluding carboxylic acids is 1. The van der Waals surface area contributed by atoms with E-state index in [0.29, 0.717) is 12.2 Å². The maximum atomic E-state index is 12.2. The van der Waals surface area contributed by atoms with E-state index in [4.69, 9.17) is 5.11 Å². The Morgan fingerprint density at radius 1 is 1.50 bits per heavy atom. The van der Waals surface area contributed by atoms with Crippen LogP contribution in [-0.2, 0) is 4.79 Å². The lowest BCUT2D eigenvalue weighted by Crippen LogP contribution is -2.39. The van der Waals surface area contributed by atoms with Gasteiger partial charge in [-0.25, -0.2) is 4.79 Å². The summed E-state index contributed by atoms with van der Waals surface area (Å²) in [5.74, 6) is -0.869. The first-order valence-electron chi connectivity index (χ1n) is 6.53. The van der Waals surface area contributed by atoms with Gasteiger partial charge in [0.1, 0.15) is 0 Å². The summed E-state index contributed by atoms with van der Waals surface area (Å²) in [6.07, 6.45) is 1.59. The van der Waals surface area contributed by atoms with Crippen molar-refractivity contribution in [3.05, 3.63) is 28.2 Å². The van der Waals surface area contributed by atoms with Gasteiger partial charge in [-0.15, -0.1) is 0 Å². The second-order valence-corrected chi connectivity index (χ2v) is 5.86. The average Bonchev–Trinajstić information content (AvgIpc) is 2.80. The fourth-order valence-corrected chi connectivity index (χ4v) is 3.02. The number of hydrogen-bond acceptors (Lipinski definition) is 2. The lowest BCUT2D eigenvalue weighted by Gasteiger charge is -2.24. The molecule has 0 bridgehead atoms. The summed E-state index contributed by atoms with van der Waals surface area (Å²) < 4.78 is 0.819. The lowest BCUT2D eigenvalue weighted by molar-refractivity contribution is -0.137. The van der Waals surface area contributed by atoms with Crippen LogP contribution in [0.3, 0.4) is 0 Å². The van der Waals surface area contributed by atoms with Crippen LogP contribution >= 0.6 is 15.9 Å². The molecule has 108 valence electrons. The number of hydrogen-bond donors (Lipinski definition) is 2. The number of likely N-dealkylation sites (tertiary alicyclic amines) is 1. The van der Waals surface area contributed by atoms with E-state index in [1.54, 1.807) is 4.90 Å². The number of nitrogens with zero attached hydrogens (tertiary/aromatic N) is 1. The minimum absolute atomic E-state index is 0.00247. The Morgan fingerprint density at radius 2 is 2.25 bits per heavy atom. The van der Waals surface area contributed by atoms with Crippen LogP contribution in [0, 0.1) is 6.92 Å². The molecular weight excluding hydrogens is 324 g/mol. The number of rotatable bonds is 3. The molecule has 0 spiro atoms. The van der Waals surface area contributed by atoms with Crippen molar-refractivity contribution < 1.29 is 14.7 Å². The number of carbonyl (C=O) groups is 2. The van der Waals surface area contributed by atoms with Crippen molar-refractivity contribution in [3.63, 3.8) is 0 Å². The number of urea groups is 1. The normalized spacial score (nSPS) is 18.1. The highest BCUT2D eigenvalue weighted by molar-refractivity contribution is 9.10. The van der Waals surface area contributed by atoms with Crippen LogP contribution < -0.4 is 5.32 Å². The Morgan fingerprint density at radius 3 is 2.90 bits per heavy atom. The van der Waals surface area contributed by atoms with Crippen LogP contribution in [0.4, 0.5) is 10.5 Å². The highest BCUT2D eigenvalue weighted by atomic mass is 79.9. The molecule has 6 heteroatoms. The second-order valence-electron chi connectivity index (χ2n) is 5.00. The number of carboxylic acid groups (broad SMARTS) is 1. The molecule has 2 rings (SSSR count). The van der Waals surface area contributed by atoms with E-state index in [0.717, 1.165) is 22.9 Å². The van der Waals surface area contributed by atoms with Crippen molar-refractivity contribution in [3.8, 4) is 0 Å². The molecule has 1 aliphatic rings. The molecule has 0 radical (unpaired) electrons. The molecule has 2 N–H and O–H groups in total. The molecule has 2 amide bonds. The minimum Gasteiger partial charge on any atom is -0.481 e. The Balaban J connectivity index is 2.05. The van der Waals surface area contributed by atoms with Gasteiger partial charge in [0.15, 0.2) is 0 Å². The molecule has 1 saturated heterocycles. The van der Waals surface area contributed by atoms with E-state index in [9.17, 15) is 9.59 Å². The van der Waals surface area contributed by atoms with Gasteiger partial charge in [0.25, 0.3) is 0 Å². The summed E-state index contributed by atoms with van der Waals surface area (Å²) in [5.41, 5.74) is 1.79. The third kappa shape index (κ3) is 3.50. The summed E-state index contributed by atoms with van der Waals surface area (Å²) in [4.78, 5) is 24.7. The molecule has 1 aromatic rings. The second kappa shape index (κ2) is 6.26. The van der Waals surface area contributed by atoms with Crippen molar-refractivity contribution in [1.29, 1.82) is 0 Å². The number of aliphatic carboxylic acids is 1. The van der Waals surface area contributed by atoms with Crippen molar-refractivity contribution >= 4 is 33.6 Å². The molecule has 1 unspecified atom stereocenters. The van der Waals surface area contributed by atoms with Gasteiger partial charge in [-0.1, -0.05) is 6.07 Å². The van der Waals surface area contributed by atoms with Crippen LogP contribution in [0.2, 0.25) is 0 Å².